The lowest BCUT2D eigenvalue weighted by molar-refractivity contribution is -0.138. The lowest BCUT2D eigenvalue weighted by atomic mass is 10.1. The van der Waals surface area contributed by atoms with Gasteiger partial charge in [0.1, 0.15) is 0 Å². The van der Waals surface area contributed by atoms with Gasteiger partial charge in [0.2, 0.25) is 11.8 Å². The topological polar surface area (TPSA) is 40.6 Å². The minimum Gasteiger partial charge on any atom is -0.339 e. The Morgan fingerprint density at radius 1 is 1.05 bits per heavy atom. The van der Waals surface area contributed by atoms with Gasteiger partial charge in [0.05, 0.1) is 6.42 Å². The fourth-order valence-electron chi connectivity index (χ4n) is 2.52. The van der Waals surface area contributed by atoms with Crippen LogP contribution in [0.15, 0.2) is 29.2 Å². The second kappa shape index (κ2) is 7.68. The van der Waals surface area contributed by atoms with Crippen molar-refractivity contribution >= 4 is 23.6 Å². The molecule has 2 amide bonds. The molecular formula is C17H24N2O2S. The zero-order valence-electron chi connectivity index (χ0n) is 13.5. The SMILES string of the molecule is CC(=O)N1CCN(C(=O)Cc2ccc(SC(C)C)cc2)CC1. The first-order valence-electron chi connectivity index (χ1n) is 7.74. The van der Waals surface area contributed by atoms with E-state index in [2.05, 4.69) is 26.0 Å². The highest BCUT2D eigenvalue weighted by Gasteiger charge is 2.22. The van der Waals surface area contributed by atoms with Crippen LogP contribution < -0.4 is 0 Å². The number of nitrogens with zero attached hydrogens (tertiary/aromatic N) is 2. The third-order valence-corrected chi connectivity index (χ3v) is 4.74. The van der Waals surface area contributed by atoms with Crippen LogP contribution in [0.2, 0.25) is 0 Å². The number of thioether (sulfide) groups is 1. The Morgan fingerprint density at radius 2 is 1.59 bits per heavy atom. The summed E-state index contributed by atoms with van der Waals surface area (Å²) in [7, 11) is 0. The van der Waals surface area contributed by atoms with E-state index in [0.717, 1.165) is 5.56 Å². The summed E-state index contributed by atoms with van der Waals surface area (Å²) in [6.07, 6.45) is 0.437. The fourth-order valence-corrected chi connectivity index (χ4v) is 3.35. The summed E-state index contributed by atoms with van der Waals surface area (Å²) >= 11 is 1.82. The summed E-state index contributed by atoms with van der Waals surface area (Å²) in [6.45, 7) is 8.48. The standard InChI is InChI=1S/C17H24N2O2S/c1-13(2)22-16-6-4-15(5-7-16)12-17(21)19-10-8-18(9-11-19)14(3)20/h4-7,13H,8-12H2,1-3H3. The van der Waals surface area contributed by atoms with Gasteiger partial charge in [-0.3, -0.25) is 9.59 Å². The van der Waals surface area contributed by atoms with Crippen molar-refractivity contribution in [3.63, 3.8) is 0 Å². The van der Waals surface area contributed by atoms with Gasteiger partial charge in [-0.05, 0) is 17.7 Å². The van der Waals surface area contributed by atoms with E-state index in [0.29, 0.717) is 37.8 Å². The summed E-state index contributed by atoms with van der Waals surface area (Å²) in [5.41, 5.74) is 1.05. The Labute approximate surface area is 136 Å². The van der Waals surface area contributed by atoms with Crippen LogP contribution in [0.5, 0.6) is 0 Å². The van der Waals surface area contributed by atoms with E-state index < -0.39 is 0 Å². The van der Waals surface area contributed by atoms with Crippen molar-refractivity contribution < 1.29 is 9.59 Å². The molecule has 1 aliphatic rings. The van der Waals surface area contributed by atoms with E-state index in [9.17, 15) is 9.59 Å². The molecule has 1 fully saturated rings. The fraction of sp³-hybridized carbons (Fsp3) is 0.529. The number of hydrogen-bond donors (Lipinski definition) is 0. The van der Waals surface area contributed by atoms with Crippen molar-refractivity contribution in [2.24, 2.45) is 0 Å². The number of piperazine rings is 1. The van der Waals surface area contributed by atoms with Crippen molar-refractivity contribution in [1.82, 2.24) is 9.80 Å². The maximum absolute atomic E-state index is 12.3. The summed E-state index contributed by atoms with van der Waals surface area (Å²) in [6, 6.07) is 8.24. The first kappa shape index (κ1) is 16.9. The molecule has 22 heavy (non-hydrogen) atoms. The Kier molecular flexibility index (Phi) is 5.89. The Balaban J connectivity index is 1.86. The van der Waals surface area contributed by atoms with Crippen LogP contribution in [-0.2, 0) is 16.0 Å². The van der Waals surface area contributed by atoms with Gasteiger partial charge in [-0.2, -0.15) is 0 Å². The van der Waals surface area contributed by atoms with Gasteiger partial charge in [0.15, 0.2) is 0 Å². The van der Waals surface area contributed by atoms with E-state index in [1.54, 1.807) is 11.8 Å². The number of benzene rings is 1. The molecule has 5 heteroatoms. The number of carbonyl (C=O) groups is 2. The van der Waals surface area contributed by atoms with Gasteiger partial charge < -0.3 is 9.80 Å². The molecule has 0 radical (unpaired) electrons. The molecule has 120 valence electrons. The molecule has 0 spiro atoms. The van der Waals surface area contributed by atoms with Crippen molar-refractivity contribution in [2.75, 3.05) is 26.2 Å². The highest BCUT2D eigenvalue weighted by molar-refractivity contribution is 7.99. The van der Waals surface area contributed by atoms with E-state index in [-0.39, 0.29) is 11.8 Å². The van der Waals surface area contributed by atoms with Gasteiger partial charge >= 0.3 is 0 Å². The van der Waals surface area contributed by atoms with Crippen LogP contribution in [0.25, 0.3) is 0 Å². The summed E-state index contributed by atoms with van der Waals surface area (Å²) in [4.78, 5) is 28.5. The van der Waals surface area contributed by atoms with Crippen molar-refractivity contribution in [1.29, 1.82) is 0 Å². The summed E-state index contributed by atoms with van der Waals surface area (Å²) < 4.78 is 0. The molecule has 0 unspecified atom stereocenters. The number of amides is 2. The first-order valence-corrected chi connectivity index (χ1v) is 8.62. The molecule has 4 nitrogen and oxygen atoms in total. The molecule has 0 atom stereocenters. The van der Waals surface area contributed by atoms with Crippen molar-refractivity contribution in [3.8, 4) is 0 Å². The molecule has 1 aromatic rings. The zero-order valence-corrected chi connectivity index (χ0v) is 14.4. The number of rotatable bonds is 4. The molecule has 1 aliphatic heterocycles. The van der Waals surface area contributed by atoms with Crippen LogP contribution in [-0.4, -0.2) is 53.0 Å². The molecule has 2 rings (SSSR count). The van der Waals surface area contributed by atoms with Crippen molar-refractivity contribution in [3.05, 3.63) is 29.8 Å². The van der Waals surface area contributed by atoms with Crippen LogP contribution in [0.3, 0.4) is 0 Å². The average Bonchev–Trinajstić information content (AvgIpc) is 2.49. The van der Waals surface area contributed by atoms with E-state index >= 15 is 0 Å². The maximum atomic E-state index is 12.3. The largest absolute Gasteiger partial charge is 0.339 e. The normalized spacial score (nSPS) is 15.3. The van der Waals surface area contributed by atoms with Crippen LogP contribution in [0.4, 0.5) is 0 Å². The molecular weight excluding hydrogens is 296 g/mol. The minimum atomic E-state index is 0.0883. The summed E-state index contributed by atoms with van der Waals surface area (Å²) in [5.74, 6) is 0.234. The predicted molar refractivity (Wildman–Crippen MR) is 90.0 cm³/mol. The van der Waals surface area contributed by atoms with Gasteiger partial charge in [0, 0.05) is 43.2 Å². The molecule has 1 saturated heterocycles. The van der Waals surface area contributed by atoms with E-state index in [4.69, 9.17) is 0 Å². The van der Waals surface area contributed by atoms with Gasteiger partial charge in [-0.15, -0.1) is 11.8 Å². The Morgan fingerprint density at radius 3 is 2.09 bits per heavy atom. The zero-order chi connectivity index (χ0) is 16.1. The second-order valence-corrected chi connectivity index (χ2v) is 7.52. The average molecular weight is 320 g/mol. The Bertz CT molecular complexity index is 520. The molecule has 0 saturated carbocycles. The molecule has 0 bridgehead atoms. The third kappa shape index (κ3) is 4.77. The number of carbonyl (C=O) groups excluding carboxylic acids is 2. The van der Waals surface area contributed by atoms with Gasteiger partial charge in [-0.25, -0.2) is 0 Å². The quantitative estimate of drug-likeness (QED) is 0.800. The molecule has 1 heterocycles. The predicted octanol–water partition coefficient (Wildman–Crippen LogP) is 2.42. The van der Waals surface area contributed by atoms with E-state index in [1.165, 1.54) is 4.90 Å². The van der Waals surface area contributed by atoms with E-state index in [1.807, 2.05) is 28.8 Å². The monoisotopic (exact) mass is 320 g/mol. The minimum absolute atomic E-state index is 0.0883. The Hall–Kier alpha value is -1.49. The second-order valence-electron chi connectivity index (χ2n) is 5.87. The summed E-state index contributed by atoms with van der Waals surface area (Å²) in [5, 5.41) is 0.560. The lowest BCUT2D eigenvalue weighted by Crippen LogP contribution is -2.50. The van der Waals surface area contributed by atoms with Crippen LogP contribution in [0.1, 0.15) is 26.3 Å². The highest BCUT2D eigenvalue weighted by atomic mass is 32.2. The highest BCUT2D eigenvalue weighted by Crippen LogP contribution is 2.23. The first-order chi connectivity index (χ1) is 10.5. The van der Waals surface area contributed by atoms with Crippen molar-refractivity contribution in [2.45, 2.75) is 37.3 Å². The molecule has 0 aromatic heterocycles. The van der Waals surface area contributed by atoms with Gasteiger partial charge in [-0.1, -0.05) is 26.0 Å². The van der Waals surface area contributed by atoms with Gasteiger partial charge in [0.25, 0.3) is 0 Å². The molecule has 1 aromatic carbocycles. The van der Waals surface area contributed by atoms with Crippen LogP contribution in [0, 0.1) is 0 Å². The number of hydrogen-bond acceptors (Lipinski definition) is 3. The molecule has 0 aliphatic carbocycles. The third-order valence-electron chi connectivity index (χ3n) is 3.73. The van der Waals surface area contributed by atoms with Crippen LogP contribution >= 0.6 is 11.8 Å². The molecule has 0 N–H and O–H groups in total. The lowest BCUT2D eigenvalue weighted by Gasteiger charge is -2.34. The smallest absolute Gasteiger partial charge is 0.227 e. The maximum Gasteiger partial charge on any atom is 0.227 e.